The van der Waals surface area contributed by atoms with Gasteiger partial charge in [0.2, 0.25) is 10.0 Å². The van der Waals surface area contributed by atoms with Gasteiger partial charge < -0.3 is 5.73 Å². The van der Waals surface area contributed by atoms with Crippen molar-refractivity contribution in [2.75, 3.05) is 12.8 Å². The number of halogens is 1. The van der Waals surface area contributed by atoms with E-state index in [1.54, 1.807) is 31.3 Å². The molecule has 0 aliphatic carbocycles. The number of hydrogen-bond acceptors (Lipinski definition) is 3. The van der Waals surface area contributed by atoms with Gasteiger partial charge in [-0.15, -0.1) is 0 Å². The molecule has 2 aromatic rings. The summed E-state index contributed by atoms with van der Waals surface area (Å²) in [5, 5.41) is 0. The Kier molecular flexibility index (Phi) is 5.03. The molecule has 2 N–H and O–H groups in total. The van der Waals surface area contributed by atoms with Crippen LogP contribution in [0.5, 0.6) is 0 Å². The molecule has 0 aromatic heterocycles. The Labute approximate surface area is 133 Å². The van der Waals surface area contributed by atoms with Crippen LogP contribution in [0, 0.1) is 0 Å². The summed E-state index contributed by atoms with van der Waals surface area (Å²) in [4.78, 5) is 0. The molecule has 112 valence electrons. The number of sulfonamides is 1. The highest BCUT2D eigenvalue weighted by molar-refractivity contribution is 9.10. The van der Waals surface area contributed by atoms with Gasteiger partial charge in [0.05, 0.1) is 5.75 Å². The number of benzene rings is 2. The Morgan fingerprint density at radius 2 is 1.76 bits per heavy atom. The molecule has 0 aliphatic rings. The largest absolute Gasteiger partial charge is 0.399 e. The Morgan fingerprint density at radius 1 is 1.10 bits per heavy atom. The van der Waals surface area contributed by atoms with E-state index in [0.717, 1.165) is 10.0 Å². The summed E-state index contributed by atoms with van der Waals surface area (Å²) >= 11 is 3.36. The van der Waals surface area contributed by atoms with Gasteiger partial charge in [-0.05, 0) is 35.4 Å². The maximum atomic E-state index is 12.4. The number of anilines is 1. The van der Waals surface area contributed by atoms with Gasteiger partial charge in [0.25, 0.3) is 0 Å². The number of nitrogens with zero attached hydrogens (tertiary/aromatic N) is 1. The predicted octanol–water partition coefficient (Wildman–Crippen LogP) is 2.99. The van der Waals surface area contributed by atoms with E-state index >= 15 is 0 Å². The first kappa shape index (κ1) is 16.0. The Bertz CT molecular complexity index is 715. The van der Waals surface area contributed by atoms with E-state index in [1.165, 1.54) is 4.31 Å². The van der Waals surface area contributed by atoms with Gasteiger partial charge >= 0.3 is 0 Å². The van der Waals surface area contributed by atoms with Crippen molar-refractivity contribution in [3.05, 3.63) is 64.1 Å². The minimum atomic E-state index is -3.37. The SMILES string of the molecule is CN(Cc1ccc(Br)cc1)S(=O)(=O)Cc1cccc(N)c1. The second-order valence-corrected chi connectivity index (χ2v) is 7.88. The van der Waals surface area contributed by atoms with Crippen LogP contribution in [-0.4, -0.2) is 19.8 Å². The van der Waals surface area contributed by atoms with E-state index in [1.807, 2.05) is 24.3 Å². The molecule has 0 heterocycles. The standard InChI is InChI=1S/C15H17BrN2O2S/c1-18(10-12-5-7-14(16)8-6-12)21(19,20)11-13-3-2-4-15(17)9-13/h2-9H,10-11,17H2,1H3. The van der Waals surface area contributed by atoms with Crippen molar-refractivity contribution in [2.24, 2.45) is 0 Å². The number of hydrogen-bond donors (Lipinski definition) is 1. The lowest BCUT2D eigenvalue weighted by Gasteiger charge is -2.17. The summed E-state index contributed by atoms with van der Waals surface area (Å²) in [6.45, 7) is 0.345. The fourth-order valence-electron chi connectivity index (χ4n) is 1.95. The maximum Gasteiger partial charge on any atom is 0.218 e. The Balaban J connectivity index is 2.09. The molecule has 0 bridgehead atoms. The second-order valence-electron chi connectivity index (χ2n) is 4.88. The van der Waals surface area contributed by atoms with Crippen LogP contribution in [0.25, 0.3) is 0 Å². The molecule has 0 amide bonds. The third-order valence-corrected chi connectivity index (χ3v) is 5.40. The minimum absolute atomic E-state index is 0.0505. The summed E-state index contributed by atoms with van der Waals surface area (Å²) < 4.78 is 27.0. The van der Waals surface area contributed by atoms with Crippen LogP contribution in [0.4, 0.5) is 5.69 Å². The topological polar surface area (TPSA) is 63.4 Å². The first-order valence-corrected chi connectivity index (χ1v) is 8.80. The van der Waals surface area contributed by atoms with E-state index in [4.69, 9.17) is 5.73 Å². The van der Waals surface area contributed by atoms with Gasteiger partial charge in [-0.1, -0.05) is 40.2 Å². The molecule has 0 radical (unpaired) electrons. The summed E-state index contributed by atoms with van der Waals surface area (Å²) in [6.07, 6.45) is 0. The monoisotopic (exact) mass is 368 g/mol. The Morgan fingerprint density at radius 3 is 2.38 bits per heavy atom. The van der Waals surface area contributed by atoms with Crippen LogP contribution in [0.1, 0.15) is 11.1 Å². The number of rotatable bonds is 5. The molecular formula is C15H17BrN2O2S. The van der Waals surface area contributed by atoms with Crippen LogP contribution in [0.2, 0.25) is 0 Å². The molecular weight excluding hydrogens is 352 g/mol. The highest BCUT2D eigenvalue weighted by Crippen LogP contribution is 2.16. The number of nitrogen functional groups attached to an aromatic ring is 1. The molecule has 0 fully saturated rings. The van der Waals surface area contributed by atoms with Crippen LogP contribution in [-0.2, 0) is 22.3 Å². The van der Waals surface area contributed by atoms with E-state index in [9.17, 15) is 8.42 Å². The molecule has 0 unspecified atom stereocenters. The zero-order chi connectivity index (χ0) is 15.5. The normalized spacial score (nSPS) is 11.8. The van der Waals surface area contributed by atoms with E-state index < -0.39 is 10.0 Å². The zero-order valence-corrected chi connectivity index (χ0v) is 14.1. The van der Waals surface area contributed by atoms with Gasteiger partial charge in [-0.3, -0.25) is 0 Å². The van der Waals surface area contributed by atoms with Gasteiger partial charge in [-0.25, -0.2) is 12.7 Å². The van der Waals surface area contributed by atoms with Gasteiger partial charge in [0, 0.05) is 23.8 Å². The zero-order valence-electron chi connectivity index (χ0n) is 11.7. The quantitative estimate of drug-likeness (QED) is 0.825. The van der Waals surface area contributed by atoms with E-state index in [-0.39, 0.29) is 5.75 Å². The molecule has 0 aliphatic heterocycles. The third kappa shape index (κ3) is 4.56. The molecule has 0 saturated heterocycles. The fourth-order valence-corrected chi connectivity index (χ4v) is 3.38. The molecule has 0 spiro atoms. The lowest BCUT2D eigenvalue weighted by molar-refractivity contribution is 0.466. The summed E-state index contributed by atoms with van der Waals surface area (Å²) in [5.41, 5.74) is 7.88. The summed E-state index contributed by atoms with van der Waals surface area (Å²) in [7, 11) is -1.79. The highest BCUT2D eigenvalue weighted by Gasteiger charge is 2.18. The van der Waals surface area contributed by atoms with Crippen molar-refractivity contribution in [3.8, 4) is 0 Å². The van der Waals surface area contributed by atoms with Crippen LogP contribution >= 0.6 is 15.9 Å². The first-order chi connectivity index (χ1) is 9.87. The second kappa shape index (κ2) is 6.60. The van der Waals surface area contributed by atoms with Crippen molar-refractivity contribution in [3.63, 3.8) is 0 Å². The van der Waals surface area contributed by atoms with Crippen molar-refractivity contribution < 1.29 is 8.42 Å². The van der Waals surface area contributed by atoms with Gasteiger partial charge in [0.1, 0.15) is 0 Å². The lowest BCUT2D eigenvalue weighted by atomic mass is 10.2. The van der Waals surface area contributed by atoms with Crippen molar-refractivity contribution >= 4 is 31.6 Å². The molecule has 2 rings (SSSR count). The Hall–Kier alpha value is -1.37. The summed E-state index contributed by atoms with van der Waals surface area (Å²) in [5.74, 6) is -0.0505. The molecule has 0 atom stereocenters. The lowest BCUT2D eigenvalue weighted by Crippen LogP contribution is -2.27. The number of nitrogens with two attached hydrogens (primary N) is 1. The molecule has 2 aromatic carbocycles. The van der Waals surface area contributed by atoms with Crippen molar-refractivity contribution in [1.82, 2.24) is 4.31 Å². The van der Waals surface area contributed by atoms with Crippen molar-refractivity contribution in [2.45, 2.75) is 12.3 Å². The van der Waals surface area contributed by atoms with Crippen LogP contribution in [0.3, 0.4) is 0 Å². The minimum Gasteiger partial charge on any atom is -0.399 e. The third-order valence-electron chi connectivity index (χ3n) is 3.09. The van der Waals surface area contributed by atoms with Crippen molar-refractivity contribution in [1.29, 1.82) is 0 Å². The fraction of sp³-hybridized carbons (Fsp3) is 0.200. The van der Waals surface area contributed by atoms with Crippen LogP contribution in [0.15, 0.2) is 53.0 Å². The van der Waals surface area contributed by atoms with Crippen LogP contribution < -0.4 is 5.73 Å². The predicted molar refractivity (Wildman–Crippen MR) is 89.1 cm³/mol. The molecule has 21 heavy (non-hydrogen) atoms. The molecule has 0 saturated carbocycles. The van der Waals surface area contributed by atoms with Gasteiger partial charge in [-0.2, -0.15) is 0 Å². The molecule has 4 nitrogen and oxygen atoms in total. The summed E-state index contributed by atoms with van der Waals surface area (Å²) in [6, 6.07) is 14.5. The first-order valence-electron chi connectivity index (χ1n) is 6.40. The maximum absolute atomic E-state index is 12.4. The average molecular weight is 369 g/mol. The average Bonchev–Trinajstić information content (AvgIpc) is 2.41. The van der Waals surface area contributed by atoms with Gasteiger partial charge in [0.15, 0.2) is 0 Å². The smallest absolute Gasteiger partial charge is 0.218 e. The van der Waals surface area contributed by atoms with E-state index in [2.05, 4.69) is 15.9 Å². The molecule has 6 heteroatoms. The van der Waals surface area contributed by atoms with E-state index in [0.29, 0.717) is 17.8 Å². The highest BCUT2D eigenvalue weighted by atomic mass is 79.9.